The Bertz CT molecular complexity index is 655. The Morgan fingerprint density at radius 3 is 2.67 bits per heavy atom. The number of ether oxygens (including phenoxy) is 1. The van der Waals surface area contributed by atoms with Crippen LogP contribution >= 0.6 is 0 Å². The first-order valence-corrected chi connectivity index (χ1v) is 10.9. The van der Waals surface area contributed by atoms with Gasteiger partial charge in [-0.3, -0.25) is 0 Å². The second-order valence-corrected chi connectivity index (χ2v) is 12.3. The lowest BCUT2D eigenvalue weighted by atomic mass is 10.1. The summed E-state index contributed by atoms with van der Waals surface area (Å²) >= 11 is 0. The summed E-state index contributed by atoms with van der Waals surface area (Å²) in [5, 5.41) is 10.0. The van der Waals surface area contributed by atoms with Crippen LogP contribution in [0, 0.1) is 6.92 Å². The third-order valence-corrected chi connectivity index (χ3v) is 5.19. The Labute approximate surface area is 126 Å². The number of hydrogen-bond donors (Lipinski definition) is 1. The Morgan fingerprint density at radius 1 is 1.33 bits per heavy atom. The predicted octanol–water partition coefficient (Wildman–Crippen LogP) is 3.96. The lowest BCUT2D eigenvalue weighted by Crippen LogP contribution is -2.21. The molecule has 0 atom stereocenters. The minimum absolute atomic E-state index is 0.353. The second-order valence-electron chi connectivity index (χ2n) is 6.68. The molecule has 0 amide bonds. The third-order valence-electron chi connectivity index (χ3n) is 3.49. The average Bonchev–Trinajstić information content (AvgIpc) is 2.75. The van der Waals surface area contributed by atoms with Crippen molar-refractivity contribution in [3.05, 3.63) is 35.5 Å². The van der Waals surface area contributed by atoms with Crippen molar-refractivity contribution in [2.45, 2.75) is 39.3 Å². The van der Waals surface area contributed by atoms with E-state index < -0.39 is 14.0 Å². The smallest absolute Gasteiger partial charge is 0.336 e. The van der Waals surface area contributed by atoms with Gasteiger partial charge in [0.1, 0.15) is 6.73 Å². The van der Waals surface area contributed by atoms with Gasteiger partial charge in [0.2, 0.25) is 0 Å². The first-order chi connectivity index (χ1) is 9.78. The number of carboxylic acids is 1. The van der Waals surface area contributed by atoms with Gasteiger partial charge < -0.3 is 14.4 Å². The van der Waals surface area contributed by atoms with Crippen molar-refractivity contribution in [3.8, 4) is 0 Å². The molecule has 1 N–H and O–H groups in total. The van der Waals surface area contributed by atoms with Crippen LogP contribution in [0.15, 0.2) is 24.4 Å². The molecule has 0 unspecified atom stereocenters. The summed E-state index contributed by atoms with van der Waals surface area (Å²) in [5.74, 6) is -0.888. The maximum atomic E-state index is 11.3. The molecule has 1 heterocycles. The van der Waals surface area contributed by atoms with E-state index in [0.29, 0.717) is 12.3 Å². The van der Waals surface area contributed by atoms with Crippen LogP contribution < -0.4 is 0 Å². The molecule has 114 valence electrons. The van der Waals surface area contributed by atoms with Crippen LogP contribution in [-0.4, -0.2) is 30.3 Å². The zero-order valence-corrected chi connectivity index (χ0v) is 14.1. The number of fused-ring (bicyclic) bond motifs is 1. The number of aromatic nitrogens is 1. The molecule has 2 aromatic rings. The van der Waals surface area contributed by atoms with Crippen molar-refractivity contribution in [1.29, 1.82) is 0 Å². The van der Waals surface area contributed by atoms with E-state index in [1.54, 1.807) is 6.07 Å². The Kier molecular flexibility index (Phi) is 4.54. The molecule has 0 aliphatic heterocycles. The van der Waals surface area contributed by atoms with E-state index in [1.165, 1.54) is 0 Å². The fourth-order valence-electron chi connectivity index (χ4n) is 2.27. The minimum atomic E-state index is -1.08. The molecular formula is C16H23NO3Si. The first-order valence-electron chi connectivity index (χ1n) is 7.18. The van der Waals surface area contributed by atoms with Crippen molar-refractivity contribution in [3.63, 3.8) is 0 Å². The monoisotopic (exact) mass is 305 g/mol. The maximum absolute atomic E-state index is 11.3. The largest absolute Gasteiger partial charge is 0.478 e. The van der Waals surface area contributed by atoms with Crippen LogP contribution in [0.3, 0.4) is 0 Å². The Balaban J connectivity index is 2.16. The summed E-state index contributed by atoms with van der Waals surface area (Å²) in [6, 6.07) is 6.69. The van der Waals surface area contributed by atoms with Gasteiger partial charge in [-0.05, 0) is 36.7 Å². The highest BCUT2D eigenvalue weighted by Crippen LogP contribution is 2.23. The number of hydrogen-bond acceptors (Lipinski definition) is 2. The Morgan fingerprint density at radius 2 is 2.05 bits per heavy atom. The van der Waals surface area contributed by atoms with Crippen molar-refractivity contribution in [2.24, 2.45) is 0 Å². The molecule has 2 rings (SSSR count). The Hall–Kier alpha value is -1.59. The molecule has 5 heteroatoms. The normalized spacial score (nSPS) is 12.0. The summed E-state index contributed by atoms with van der Waals surface area (Å²) in [5.41, 5.74) is 2.22. The summed E-state index contributed by atoms with van der Waals surface area (Å²) in [6.45, 7) is 10.1. The standard InChI is InChI=1S/C16H23NO3Si/c1-12-9-14(16(18)19)13-5-6-17(15(13)10-12)11-20-7-8-21(2,3)4/h5-6,9-10H,7-8,11H2,1-4H3,(H,18,19). The SMILES string of the molecule is Cc1cc(C(=O)O)c2ccn(COCC[Si](C)(C)C)c2c1. The van der Waals surface area contributed by atoms with E-state index in [1.807, 2.05) is 29.8 Å². The van der Waals surface area contributed by atoms with Gasteiger partial charge in [-0.2, -0.15) is 0 Å². The zero-order chi connectivity index (χ0) is 15.6. The van der Waals surface area contributed by atoms with Crippen molar-refractivity contribution in [1.82, 2.24) is 4.57 Å². The number of nitrogens with zero attached hydrogens (tertiary/aromatic N) is 1. The van der Waals surface area contributed by atoms with Gasteiger partial charge in [0.05, 0.1) is 11.1 Å². The lowest BCUT2D eigenvalue weighted by molar-refractivity contribution is 0.0698. The molecule has 0 saturated carbocycles. The fraction of sp³-hybridized carbons (Fsp3) is 0.438. The summed E-state index contributed by atoms with van der Waals surface area (Å²) < 4.78 is 7.72. The molecule has 1 aromatic heterocycles. The third kappa shape index (κ3) is 3.95. The number of aromatic carboxylic acids is 1. The molecule has 0 fully saturated rings. The molecule has 0 radical (unpaired) electrons. The van der Waals surface area contributed by atoms with Gasteiger partial charge in [-0.15, -0.1) is 0 Å². The quantitative estimate of drug-likeness (QED) is 0.649. The molecule has 4 nitrogen and oxygen atoms in total. The highest BCUT2D eigenvalue weighted by atomic mass is 28.3. The predicted molar refractivity (Wildman–Crippen MR) is 87.7 cm³/mol. The van der Waals surface area contributed by atoms with Crippen molar-refractivity contribution in [2.75, 3.05) is 6.61 Å². The van der Waals surface area contributed by atoms with E-state index in [-0.39, 0.29) is 0 Å². The van der Waals surface area contributed by atoms with Crippen molar-refractivity contribution < 1.29 is 14.6 Å². The second kappa shape index (κ2) is 6.03. The molecule has 21 heavy (non-hydrogen) atoms. The van der Waals surface area contributed by atoms with Crippen LogP contribution in [0.1, 0.15) is 15.9 Å². The number of rotatable bonds is 6. The van der Waals surface area contributed by atoms with Crippen LogP contribution in [0.25, 0.3) is 10.9 Å². The van der Waals surface area contributed by atoms with Gasteiger partial charge in [0.15, 0.2) is 0 Å². The molecular weight excluding hydrogens is 282 g/mol. The van der Waals surface area contributed by atoms with Gasteiger partial charge in [0.25, 0.3) is 0 Å². The van der Waals surface area contributed by atoms with Crippen LogP contribution in [0.4, 0.5) is 0 Å². The number of carbonyl (C=O) groups is 1. The van der Waals surface area contributed by atoms with E-state index in [2.05, 4.69) is 19.6 Å². The summed E-state index contributed by atoms with van der Waals surface area (Å²) in [6.07, 6.45) is 1.89. The molecule has 0 aliphatic rings. The van der Waals surface area contributed by atoms with E-state index >= 15 is 0 Å². The average molecular weight is 305 g/mol. The molecule has 0 bridgehead atoms. The van der Waals surface area contributed by atoms with Gasteiger partial charge in [-0.25, -0.2) is 4.79 Å². The van der Waals surface area contributed by atoms with E-state index in [4.69, 9.17) is 4.74 Å². The van der Waals surface area contributed by atoms with Crippen LogP contribution in [0.2, 0.25) is 25.7 Å². The van der Waals surface area contributed by atoms with E-state index in [9.17, 15) is 9.90 Å². The van der Waals surface area contributed by atoms with Gasteiger partial charge >= 0.3 is 5.97 Å². The zero-order valence-electron chi connectivity index (χ0n) is 13.1. The molecule has 0 aliphatic carbocycles. The highest BCUT2D eigenvalue weighted by molar-refractivity contribution is 6.76. The number of carboxylic acid groups (broad SMARTS) is 1. The van der Waals surface area contributed by atoms with Crippen LogP contribution in [0.5, 0.6) is 0 Å². The number of aryl methyl sites for hydroxylation is 1. The minimum Gasteiger partial charge on any atom is -0.478 e. The summed E-state index contributed by atoms with van der Waals surface area (Å²) in [4.78, 5) is 11.3. The van der Waals surface area contributed by atoms with E-state index in [0.717, 1.165) is 29.1 Å². The maximum Gasteiger partial charge on any atom is 0.336 e. The van der Waals surface area contributed by atoms with Gasteiger partial charge in [-0.1, -0.05) is 19.6 Å². The van der Waals surface area contributed by atoms with Crippen molar-refractivity contribution >= 4 is 24.9 Å². The van der Waals surface area contributed by atoms with Gasteiger partial charge in [0, 0.05) is 26.3 Å². The summed E-state index contributed by atoms with van der Waals surface area (Å²) in [7, 11) is -1.08. The fourth-order valence-corrected chi connectivity index (χ4v) is 3.02. The lowest BCUT2D eigenvalue weighted by Gasteiger charge is -2.16. The topological polar surface area (TPSA) is 51.5 Å². The number of benzene rings is 1. The highest BCUT2D eigenvalue weighted by Gasteiger charge is 2.14. The molecule has 0 saturated heterocycles. The first kappa shape index (κ1) is 15.8. The molecule has 1 aromatic carbocycles. The van der Waals surface area contributed by atoms with Crippen LogP contribution in [-0.2, 0) is 11.5 Å². The molecule has 0 spiro atoms.